The lowest BCUT2D eigenvalue weighted by atomic mass is 9.99. The molecule has 0 aliphatic rings. The van der Waals surface area contributed by atoms with Crippen molar-refractivity contribution in [2.75, 3.05) is 6.54 Å². The zero-order valence-electron chi connectivity index (χ0n) is 8.92. The van der Waals surface area contributed by atoms with Crippen molar-refractivity contribution in [1.29, 1.82) is 0 Å². The second kappa shape index (κ2) is 4.73. The quantitative estimate of drug-likeness (QED) is 0.530. The van der Waals surface area contributed by atoms with E-state index in [4.69, 9.17) is 0 Å². The molecule has 0 heterocycles. The van der Waals surface area contributed by atoms with E-state index in [0.717, 1.165) is 6.42 Å². The second-order valence-electron chi connectivity index (χ2n) is 3.59. The highest BCUT2D eigenvalue weighted by Gasteiger charge is 2.00. The van der Waals surface area contributed by atoms with E-state index in [1.54, 1.807) is 6.08 Å². The van der Waals surface area contributed by atoms with E-state index >= 15 is 0 Å². The molecule has 2 nitrogen and oxygen atoms in total. The van der Waals surface area contributed by atoms with Crippen LogP contribution in [0, 0.1) is 20.8 Å². The zero-order chi connectivity index (χ0) is 10.6. The van der Waals surface area contributed by atoms with Crippen molar-refractivity contribution in [2.45, 2.75) is 27.2 Å². The van der Waals surface area contributed by atoms with Crippen molar-refractivity contribution in [3.63, 3.8) is 0 Å². The van der Waals surface area contributed by atoms with E-state index in [1.807, 2.05) is 0 Å². The normalized spacial score (nSPS) is 9.64. The Kier molecular flexibility index (Phi) is 3.61. The lowest BCUT2D eigenvalue weighted by Crippen LogP contribution is -1.95. The minimum absolute atomic E-state index is 0.535. The molecule has 0 saturated heterocycles. The van der Waals surface area contributed by atoms with Crippen molar-refractivity contribution in [1.82, 2.24) is 0 Å². The summed E-state index contributed by atoms with van der Waals surface area (Å²) >= 11 is 0. The van der Waals surface area contributed by atoms with Gasteiger partial charge in [-0.25, -0.2) is 9.79 Å². The third-order valence-electron chi connectivity index (χ3n) is 2.51. The second-order valence-corrected chi connectivity index (χ2v) is 3.59. The lowest BCUT2D eigenvalue weighted by molar-refractivity contribution is 0.563. The van der Waals surface area contributed by atoms with E-state index in [2.05, 4.69) is 37.9 Å². The van der Waals surface area contributed by atoms with Crippen molar-refractivity contribution >= 4 is 6.08 Å². The van der Waals surface area contributed by atoms with Gasteiger partial charge in [0.2, 0.25) is 6.08 Å². The maximum atomic E-state index is 9.91. The first-order valence-electron chi connectivity index (χ1n) is 4.75. The molecule has 0 spiro atoms. The van der Waals surface area contributed by atoms with Gasteiger partial charge in [-0.2, -0.15) is 0 Å². The van der Waals surface area contributed by atoms with Gasteiger partial charge in [-0.3, -0.25) is 0 Å². The van der Waals surface area contributed by atoms with Gasteiger partial charge in [0.15, 0.2) is 0 Å². The number of hydrogen-bond donors (Lipinski definition) is 0. The Labute approximate surface area is 84.7 Å². The summed E-state index contributed by atoms with van der Waals surface area (Å²) in [5.74, 6) is 0. The first-order valence-corrected chi connectivity index (χ1v) is 4.75. The highest BCUT2D eigenvalue weighted by atomic mass is 16.1. The fourth-order valence-corrected chi connectivity index (χ4v) is 1.51. The van der Waals surface area contributed by atoms with Crippen LogP contribution in [0.15, 0.2) is 17.1 Å². The molecule has 1 aromatic carbocycles. The van der Waals surface area contributed by atoms with Gasteiger partial charge in [0.1, 0.15) is 0 Å². The van der Waals surface area contributed by atoms with Crippen LogP contribution in [0.3, 0.4) is 0 Å². The molecule has 0 bridgehead atoms. The number of isocyanates is 1. The molecule has 0 unspecified atom stereocenters. The zero-order valence-corrected chi connectivity index (χ0v) is 8.92. The van der Waals surface area contributed by atoms with Crippen molar-refractivity contribution < 1.29 is 4.79 Å². The molecule has 0 fully saturated rings. The Morgan fingerprint density at radius 1 is 1.14 bits per heavy atom. The number of benzene rings is 1. The predicted octanol–water partition coefficient (Wildman–Crippen LogP) is 2.49. The molecular formula is C12H15NO. The fraction of sp³-hybridized carbons (Fsp3) is 0.417. The van der Waals surface area contributed by atoms with E-state index in [9.17, 15) is 4.79 Å². The van der Waals surface area contributed by atoms with E-state index in [0.29, 0.717) is 6.54 Å². The van der Waals surface area contributed by atoms with Crippen LogP contribution in [0.2, 0.25) is 0 Å². The van der Waals surface area contributed by atoms with Gasteiger partial charge in [0.05, 0.1) is 6.54 Å². The van der Waals surface area contributed by atoms with Crippen LogP contribution in [-0.4, -0.2) is 12.6 Å². The Morgan fingerprint density at radius 2 is 1.79 bits per heavy atom. The molecule has 0 atom stereocenters. The summed E-state index contributed by atoms with van der Waals surface area (Å²) in [5.41, 5.74) is 5.15. The Morgan fingerprint density at radius 3 is 2.43 bits per heavy atom. The van der Waals surface area contributed by atoms with Crippen molar-refractivity contribution in [3.05, 3.63) is 34.4 Å². The van der Waals surface area contributed by atoms with Crippen LogP contribution in [0.5, 0.6) is 0 Å². The average molecular weight is 189 g/mol. The molecule has 0 aliphatic carbocycles. The Balaban J connectivity index is 2.86. The topological polar surface area (TPSA) is 29.4 Å². The third-order valence-corrected chi connectivity index (χ3v) is 2.51. The molecule has 0 aliphatic heterocycles. The summed E-state index contributed by atoms with van der Waals surface area (Å²) in [6.45, 7) is 6.83. The van der Waals surface area contributed by atoms with Crippen LogP contribution >= 0.6 is 0 Å². The van der Waals surface area contributed by atoms with Crippen LogP contribution in [0.1, 0.15) is 22.3 Å². The minimum atomic E-state index is 0.535. The van der Waals surface area contributed by atoms with Gasteiger partial charge >= 0.3 is 0 Å². The average Bonchev–Trinajstić information content (AvgIpc) is 2.14. The third kappa shape index (κ3) is 2.54. The molecule has 1 rings (SSSR count). The van der Waals surface area contributed by atoms with Crippen molar-refractivity contribution in [2.24, 2.45) is 4.99 Å². The van der Waals surface area contributed by atoms with Crippen LogP contribution in [0.4, 0.5) is 0 Å². The summed E-state index contributed by atoms with van der Waals surface area (Å²) in [6.07, 6.45) is 2.38. The summed E-state index contributed by atoms with van der Waals surface area (Å²) in [5, 5.41) is 0. The number of rotatable bonds is 3. The molecular weight excluding hydrogens is 174 g/mol. The lowest BCUT2D eigenvalue weighted by Gasteiger charge is -2.07. The van der Waals surface area contributed by atoms with Crippen LogP contribution in [-0.2, 0) is 11.2 Å². The van der Waals surface area contributed by atoms with Gasteiger partial charge in [-0.15, -0.1) is 0 Å². The predicted molar refractivity (Wildman–Crippen MR) is 57.3 cm³/mol. The Hall–Kier alpha value is -1.40. The standard InChI is InChI=1S/C12H15NO/c1-9-6-11(3)12(7-10(9)2)4-5-13-8-14/h6-7H,4-5H2,1-3H3. The fourth-order valence-electron chi connectivity index (χ4n) is 1.51. The van der Waals surface area contributed by atoms with Gasteiger partial charge in [0, 0.05) is 0 Å². The highest BCUT2D eigenvalue weighted by Crippen LogP contribution is 2.15. The number of hydrogen-bond acceptors (Lipinski definition) is 2. The molecule has 2 heteroatoms. The molecule has 74 valence electrons. The SMILES string of the molecule is Cc1cc(C)c(CCN=C=O)cc1C. The molecule has 0 radical (unpaired) electrons. The van der Waals surface area contributed by atoms with Gasteiger partial charge in [-0.05, 0) is 49.4 Å². The number of carbonyl (C=O) groups excluding carboxylic acids is 1. The number of nitrogens with zero attached hydrogens (tertiary/aromatic N) is 1. The molecule has 14 heavy (non-hydrogen) atoms. The number of aliphatic imine (C=N–C) groups is 1. The minimum Gasteiger partial charge on any atom is -0.211 e. The highest BCUT2D eigenvalue weighted by molar-refractivity contribution is 5.37. The smallest absolute Gasteiger partial charge is 0.211 e. The van der Waals surface area contributed by atoms with E-state index in [1.165, 1.54) is 22.3 Å². The Bertz CT molecular complexity index is 376. The van der Waals surface area contributed by atoms with Gasteiger partial charge in [0.25, 0.3) is 0 Å². The van der Waals surface area contributed by atoms with Gasteiger partial charge in [-0.1, -0.05) is 12.1 Å². The largest absolute Gasteiger partial charge is 0.234 e. The van der Waals surface area contributed by atoms with Crippen LogP contribution in [0.25, 0.3) is 0 Å². The van der Waals surface area contributed by atoms with Crippen molar-refractivity contribution in [3.8, 4) is 0 Å². The van der Waals surface area contributed by atoms with Gasteiger partial charge < -0.3 is 0 Å². The maximum absolute atomic E-state index is 9.91. The molecule has 0 N–H and O–H groups in total. The molecule has 0 amide bonds. The number of aryl methyl sites for hydroxylation is 3. The first kappa shape index (κ1) is 10.7. The molecule has 0 saturated carbocycles. The van der Waals surface area contributed by atoms with E-state index < -0.39 is 0 Å². The molecule has 0 aromatic heterocycles. The summed E-state index contributed by atoms with van der Waals surface area (Å²) in [4.78, 5) is 13.5. The monoisotopic (exact) mass is 189 g/mol. The maximum Gasteiger partial charge on any atom is 0.234 e. The molecule has 1 aromatic rings. The summed E-state index contributed by atoms with van der Waals surface area (Å²) in [7, 11) is 0. The first-order chi connectivity index (χ1) is 6.65. The van der Waals surface area contributed by atoms with Crippen LogP contribution < -0.4 is 0 Å². The summed E-state index contributed by atoms with van der Waals surface area (Å²) in [6, 6.07) is 4.35. The summed E-state index contributed by atoms with van der Waals surface area (Å²) < 4.78 is 0. The van der Waals surface area contributed by atoms with E-state index in [-0.39, 0.29) is 0 Å².